The highest BCUT2D eigenvalue weighted by molar-refractivity contribution is 7.89. The van der Waals surface area contributed by atoms with Crippen molar-refractivity contribution in [3.05, 3.63) is 29.3 Å². The molecular weight excluding hydrogens is 510 g/mol. The second-order valence-electron chi connectivity index (χ2n) is 11.2. The van der Waals surface area contributed by atoms with E-state index in [0.29, 0.717) is 41.7 Å². The van der Waals surface area contributed by atoms with E-state index >= 15 is 0 Å². The number of sulfonamides is 1. The third kappa shape index (κ3) is 6.14. The third-order valence-electron chi connectivity index (χ3n) is 6.94. The summed E-state index contributed by atoms with van der Waals surface area (Å²) in [6, 6.07) is 6.10. The molecule has 0 spiro atoms. The molecule has 1 atom stereocenters. The summed E-state index contributed by atoms with van der Waals surface area (Å²) in [4.78, 5) is 26.8. The van der Waals surface area contributed by atoms with Gasteiger partial charge in [-0.3, -0.25) is 9.59 Å². The van der Waals surface area contributed by atoms with E-state index in [9.17, 15) is 18.0 Å². The second kappa shape index (κ2) is 10.3. The number of hydrogen-bond donors (Lipinski definition) is 2. The van der Waals surface area contributed by atoms with Gasteiger partial charge in [-0.1, -0.05) is 19.6 Å². The monoisotopic (exact) mass is 547 g/mol. The van der Waals surface area contributed by atoms with Gasteiger partial charge in [0, 0.05) is 45.8 Å². The van der Waals surface area contributed by atoms with Crippen LogP contribution in [0.1, 0.15) is 42.6 Å². The summed E-state index contributed by atoms with van der Waals surface area (Å²) >= 11 is 0. The molecule has 0 unspecified atom stereocenters. The van der Waals surface area contributed by atoms with Crippen LogP contribution in [0.5, 0.6) is 0 Å². The molecule has 37 heavy (non-hydrogen) atoms. The number of fused-ring (bicyclic) bond motifs is 1. The average Bonchev–Trinajstić information content (AvgIpc) is 3.51. The number of carbonyl (C=O) groups is 2. The molecule has 1 aliphatic heterocycles. The summed E-state index contributed by atoms with van der Waals surface area (Å²) in [6.45, 7) is 11.3. The van der Waals surface area contributed by atoms with Crippen LogP contribution in [-0.4, -0.2) is 62.7 Å². The molecule has 2 aromatic rings. The lowest BCUT2D eigenvalue weighted by Crippen LogP contribution is -2.35. The zero-order valence-electron chi connectivity index (χ0n) is 22.4. The Kier molecular flexibility index (Phi) is 7.66. The summed E-state index contributed by atoms with van der Waals surface area (Å²) < 4.78 is 36.0. The van der Waals surface area contributed by atoms with Crippen molar-refractivity contribution in [1.82, 2.24) is 19.4 Å². The van der Waals surface area contributed by atoms with Crippen molar-refractivity contribution in [1.29, 1.82) is 0 Å². The topological polar surface area (TPSA) is 123 Å². The van der Waals surface area contributed by atoms with Crippen molar-refractivity contribution in [2.75, 3.05) is 19.0 Å². The van der Waals surface area contributed by atoms with E-state index < -0.39 is 18.1 Å². The van der Waals surface area contributed by atoms with Gasteiger partial charge in [0.1, 0.15) is 6.73 Å². The summed E-state index contributed by atoms with van der Waals surface area (Å²) in [6.07, 6.45) is 2.16. The van der Waals surface area contributed by atoms with Crippen molar-refractivity contribution in [2.24, 2.45) is 5.92 Å². The van der Waals surface area contributed by atoms with Crippen LogP contribution in [0.25, 0.3) is 11.3 Å². The fourth-order valence-corrected chi connectivity index (χ4v) is 6.34. The Hall–Kier alpha value is -2.54. The minimum Gasteiger partial charge on any atom is -0.360 e. The lowest BCUT2D eigenvalue weighted by atomic mass is 10.0. The molecule has 4 rings (SSSR count). The molecule has 0 saturated heterocycles. The second-order valence-corrected chi connectivity index (χ2v) is 18.6. The Morgan fingerprint density at radius 3 is 2.54 bits per heavy atom. The molecule has 12 heteroatoms. The Balaban J connectivity index is 1.75. The van der Waals surface area contributed by atoms with Crippen molar-refractivity contribution in [3.63, 3.8) is 0 Å². The maximum atomic E-state index is 13.4. The molecule has 0 bridgehead atoms. The number of carbonyl (C=O) groups excluding carboxylic acids is 2. The highest BCUT2D eigenvalue weighted by Crippen LogP contribution is 2.41. The van der Waals surface area contributed by atoms with E-state index in [0.717, 1.165) is 18.9 Å². The van der Waals surface area contributed by atoms with Crippen molar-refractivity contribution in [2.45, 2.75) is 76.6 Å². The molecule has 1 aromatic carbocycles. The predicted molar refractivity (Wildman–Crippen MR) is 144 cm³/mol. The van der Waals surface area contributed by atoms with Crippen molar-refractivity contribution < 1.29 is 22.7 Å². The molecule has 10 nitrogen and oxygen atoms in total. The number of hydrogen-bond acceptors (Lipinski definition) is 6. The number of ether oxygens (including phenoxy) is 1. The summed E-state index contributed by atoms with van der Waals surface area (Å²) in [5.74, 6) is 0.280. The lowest BCUT2D eigenvalue weighted by Gasteiger charge is -2.24. The van der Waals surface area contributed by atoms with E-state index in [1.165, 1.54) is 20.0 Å². The normalized spacial score (nSPS) is 16.7. The number of aromatic nitrogens is 2. The van der Waals surface area contributed by atoms with Crippen LogP contribution in [0.3, 0.4) is 0 Å². The molecule has 2 heterocycles. The molecule has 1 aromatic heterocycles. The fourth-order valence-electron chi connectivity index (χ4n) is 4.59. The van der Waals surface area contributed by atoms with Crippen molar-refractivity contribution >= 4 is 35.7 Å². The molecule has 1 saturated carbocycles. The summed E-state index contributed by atoms with van der Waals surface area (Å²) in [5, 5.41) is 7.18. The number of anilines is 1. The van der Waals surface area contributed by atoms with Gasteiger partial charge < -0.3 is 15.0 Å². The maximum absolute atomic E-state index is 13.4. The van der Waals surface area contributed by atoms with Gasteiger partial charge in [-0.2, -0.15) is 5.10 Å². The van der Waals surface area contributed by atoms with Crippen LogP contribution >= 0.6 is 0 Å². The van der Waals surface area contributed by atoms with Crippen LogP contribution in [0, 0.1) is 5.92 Å². The lowest BCUT2D eigenvalue weighted by molar-refractivity contribution is -0.114. The summed E-state index contributed by atoms with van der Waals surface area (Å²) in [7, 11) is -3.87. The third-order valence-corrected chi connectivity index (χ3v) is 10.1. The number of nitrogens with zero attached hydrogens (tertiary/aromatic N) is 3. The maximum Gasteiger partial charge on any atom is 0.256 e. The van der Waals surface area contributed by atoms with Gasteiger partial charge in [0.05, 0.1) is 16.2 Å². The van der Waals surface area contributed by atoms with Gasteiger partial charge in [-0.05, 0) is 56.5 Å². The van der Waals surface area contributed by atoms with Crippen molar-refractivity contribution in [3.8, 4) is 11.3 Å². The predicted octanol–water partition coefficient (Wildman–Crippen LogP) is 3.48. The molecule has 2 N–H and O–H groups in total. The van der Waals surface area contributed by atoms with Crippen LogP contribution in [-0.2, 0) is 32.8 Å². The zero-order chi connectivity index (χ0) is 27.1. The Morgan fingerprint density at radius 1 is 1.24 bits per heavy atom. The van der Waals surface area contributed by atoms with E-state index in [1.807, 2.05) is 13.0 Å². The molecular formula is C25H37N5O5SSi. The summed E-state index contributed by atoms with van der Waals surface area (Å²) in [5.41, 5.74) is 2.06. The number of rotatable bonds is 11. The first-order valence-corrected chi connectivity index (χ1v) is 17.8. The van der Waals surface area contributed by atoms with Gasteiger partial charge in [0.25, 0.3) is 5.91 Å². The van der Waals surface area contributed by atoms with Gasteiger partial charge >= 0.3 is 0 Å². The highest BCUT2D eigenvalue weighted by atomic mass is 32.2. The molecule has 2 aliphatic rings. The minimum absolute atomic E-state index is 0.0464. The van der Waals surface area contributed by atoms with Gasteiger partial charge in [0.15, 0.2) is 5.82 Å². The minimum atomic E-state index is -3.93. The fraction of sp³-hybridized carbons (Fsp3) is 0.560. The molecule has 202 valence electrons. The SMILES string of the molecule is CNS(=O)(=O)c1cc(-c2cc(NC(C)=O)nn2COCC[Si](C)(C)C)cc2c1C(=O)N([C@@H](C)C1CC1)C2. The Morgan fingerprint density at radius 2 is 1.95 bits per heavy atom. The number of benzene rings is 1. The number of amides is 2. The van der Waals surface area contributed by atoms with Gasteiger partial charge in [0.2, 0.25) is 15.9 Å². The van der Waals surface area contributed by atoms with Crippen LogP contribution in [0.4, 0.5) is 5.82 Å². The molecule has 1 aliphatic carbocycles. The highest BCUT2D eigenvalue weighted by Gasteiger charge is 2.41. The first-order valence-electron chi connectivity index (χ1n) is 12.7. The van der Waals surface area contributed by atoms with E-state index in [2.05, 4.69) is 34.8 Å². The van der Waals surface area contributed by atoms with E-state index in [-0.39, 0.29) is 35.0 Å². The first-order chi connectivity index (χ1) is 17.3. The van der Waals surface area contributed by atoms with E-state index in [1.54, 1.807) is 15.6 Å². The van der Waals surface area contributed by atoms with Crippen LogP contribution in [0.2, 0.25) is 25.7 Å². The average molecular weight is 548 g/mol. The standard InChI is InChI=1S/C25H37N5O5SSi/c1-16(18-7-8-18)29-14-20-11-19(12-22(24(20)25(29)32)36(33,34)26-3)21-13-23(27-17(2)31)28-30(21)15-35-9-10-37(4,5)6/h11-13,16,18,26H,7-10,14-15H2,1-6H3,(H,27,28,31)/t16-/m0/s1. The van der Waals surface area contributed by atoms with E-state index in [4.69, 9.17) is 4.74 Å². The Labute approximate surface area is 219 Å². The number of nitrogens with one attached hydrogen (secondary N) is 2. The van der Waals surface area contributed by atoms with Crippen LogP contribution < -0.4 is 10.0 Å². The molecule has 2 amide bonds. The molecule has 0 radical (unpaired) electrons. The Bertz CT molecular complexity index is 1310. The smallest absolute Gasteiger partial charge is 0.256 e. The largest absolute Gasteiger partial charge is 0.360 e. The first kappa shape index (κ1) is 27.5. The molecule has 1 fully saturated rings. The van der Waals surface area contributed by atoms with Gasteiger partial charge in [-0.25, -0.2) is 17.8 Å². The zero-order valence-corrected chi connectivity index (χ0v) is 24.2. The van der Waals surface area contributed by atoms with Gasteiger partial charge in [-0.15, -0.1) is 0 Å². The quantitative estimate of drug-likeness (QED) is 0.328. The van der Waals surface area contributed by atoms with Crippen LogP contribution in [0.15, 0.2) is 23.1 Å².